The van der Waals surface area contributed by atoms with Crippen LogP contribution in [-0.2, 0) is 19.5 Å². The van der Waals surface area contributed by atoms with Gasteiger partial charge < -0.3 is 0 Å². The first kappa shape index (κ1) is 19.5. The van der Waals surface area contributed by atoms with Crippen LogP contribution in [-0.4, -0.2) is 16.5 Å². The van der Waals surface area contributed by atoms with Crippen molar-refractivity contribution >= 4 is 41.1 Å². The van der Waals surface area contributed by atoms with Gasteiger partial charge in [-0.3, -0.25) is 0 Å². The molecule has 2 aromatic rings. The highest BCUT2D eigenvalue weighted by atomic mass is 35.5. The number of sulfone groups is 1. The van der Waals surface area contributed by atoms with Gasteiger partial charge in [0, 0.05) is 13.6 Å². The topological polar surface area (TPSA) is 34.1 Å². The normalized spacial score (nSPS) is 13.1. The van der Waals surface area contributed by atoms with Crippen LogP contribution in [0, 0.1) is 6.92 Å². The summed E-state index contributed by atoms with van der Waals surface area (Å²) in [5, 5.41) is 0. The summed E-state index contributed by atoms with van der Waals surface area (Å²) in [6.45, 7) is 8.57. The Labute approximate surface area is 155 Å². The van der Waals surface area contributed by atoms with Gasteiger partial charge in [-0.05, 0) is 30.7 Å². The Hall–Kier alpha value is -0.813. The predicted molar refractivity (Wildman–Crippen MR) is 105 cm³/mol. The largest absolute Gasteiger partial charge is 0.247 e. The van der Waals surface area contributed by atoms with Crippen molar-refractivity contribution in [1.29, 1.82) is 0 Å². The van der Waals surface area contributed by atoms with Crippen LogP contribution in [0.1, 0.15) is 16.7 Å². The molecule has 0 saturated heterocycles. The molecule has 0 unspecified atom stereocenters. The standard InChI is InChI=1S/C18H22Cl2O2SSi/c1-14-9-11-16(12-10-14)23(21,22)18(19,20)17-8-6-5-7-15(17)13-24(2,3)4/h5-12H,13H2,1-4H3. The van der Waals surface area contributed by atoms with Crippen molar-refractivity contribution in [2.24, 2.45) is 0 Å². The number of hydrogen-bond acceptors (Lipinski definition) is 2. The summed E-state index contributed by atoms with van der Waals surface area (Å²) in [6.07, 6.45) is 0. The van der Waals surface area contributed by atoms with Crippen LogP contribution in [0.2, 0.25) is 19.6 Å². The monoisotopic (exact) mass is 400 g/mol. The molecule has 0 heterocycles. The number of halogens is 2. The highest BCUT2D eigenvalue weighted by Gasteiger charge is 2.44. The van der Waals surface area contributed by atoms with E-state index in [4.69, 9.17) is 23.2 Å². The van der Waals surface area contributed by atoms with E-state index in [1.165, 1.54) is 0 Å². The fourth-order valence-corrected chi connectivity index (χ4v) is 6.17. The smallest absolute Gasteiger partial charge is 0.220 e. The zero-order valence-corrected chi connectivity index (χ0v) is 17.6. The van der Waals surface area contributed by atoms with E-state index >= 15 is 0 Å². The summed E-state index contributed by atoms with van der Waals surface area (Å²) < 4.78 is 24.0. The second-order valence-corrected chi connectivity index (χ2v) is 16.6. The Bertz CT molecular complexity index is 823. The summed E-state index contributed by atoms with van der Waals surface area (Å²) in [5.41, 5.74) is 2.33. The molecule has 0 bridgehead atoms. The van der Waals surface area contributed by atoms with Crippen LogP contribution >= 0.6 is 23.2 Å². The van der Waals surface area contributed by atoms with Crippen LogP contribution in [0.3, 0.4) is 0 Å². The first-order valence-electron chi connectivity index (χ1n) is 7.73. The van der Waals surface area contributed by atoms with Gasteiger partial charge in [-0.2, -0.15) is 0 Å². The van der Waals surface area contributed by atoms with Crippen molar-refractivity contribution in [1.82, 2.24) is 0 Å². The number of benzene rings is 2. The molecule has 0 aromatic heterocycles. The van der Waals surface area contributed by atoms with E-state index in [0.29, 0.717) is 5.56 Å². The van der Waals surface area contributed by atoms with E-state index in [9.17, 15) is 8.42 Å². The summed E-state index contributed by atoms with van der Waals surface area (Å²) in [4.78, 5) is 0.126. The molecule has 0 fully saturated rings. The molecule has 0 aliphatic carbocycles. The van der Waals surface area contributed by atoms with Crippen LogP contribution in [0.25, 0.3) is 0 Å². The lowest BCUT2D eigenvalue weighted by Crippen LogP contribution is -2.29. The molecule has 0 radical (unpaired) electrons. The molecular formula is C18H22Cl2O2SSi. The first-order valence-corrected chi connectivity index (χ1v) is 13.7. The predicted octanol–water partition coefficient (Wildman–Crippen LogP) is 5.48. The van der Waals surface area contributed by atoms with E-state index in [2.05, 4.69) is 19.6 Å². The SMILES string of the molecule is Cc1ccc(S(=O)(=O)C(Cl)(Cl)c2ccccc2C[Si](C)(C)C)cc1. The third-order valence-electron chi connectivity index (χ3n) is 3.72. The first-order chi connectivity index (χ1) is 10.9. The number of rotatable bonds is 5. The Morgan fingerprint density at radius 2 is 1.50 bits per heavy atom. The van der Waals surface area contributed by atoms with Crippen LogP contribution < -0.4 is 0 Å². The highest BCUT2D eigenvalue weighted by Crippen LogP contribution is 2.45. The Balaban J connectivity index is 2.56. The second kappa shape index (κ2) is 6.83. The molecular weight excluding hydrogens is 379 g/mol. The van der Waals surface area contributed by atoms with Gasteiger partial charge in [0.1, 0.15) is 0 Å². The van der Waals surface area contributed by atoms with Gasteiger partial charge in [0.25, 0.3) is 0 Å². The minimum atomic E-state index is -3.94. The molecule has 0 aliphatic rings. The van der Waals surface area contributed by atoms with Gasteiger partial charge in [0.15, 0.2) is 0 Å². The van der Waals surface area contributed by atoms with Crippen molar-refractivity contribution in [2.75, 3.05) is 0 Å². The van der Waals surface area contributed by atoms with Crippen molar-refractivity contribution in [3.05, 3.63) is 65.2 Å². The van der Waals surface area contributed by atoms with E-state index in [1.807, 2.05) is 19.1 Å². The second-order valence-electron chi connectivity index (χ2n) is 7.23. The Morgan fingerprint density at radius 1 is 0.958 bits per heavy atom. The van der Waals surface area contributed by atoms with Gasteiger partial charge in [-0.15, -0.1) is 0 Å². The van der Waals surface area contributed by atoms with Crippen molar-refractivity contribution < 1.29 is 8.42 Å². The average Bonchev–Trinajstić information content (AvgIpc) is 2.46. The zero-order chi connectivity index (χ0) is 18.2. The fourth-order valence-electron chi connectivity index (χ4n) is 2.54. The Kier molecular flexibility index (Phi) is 5.55. The quantitative estimate of drug-likeness (QED) is 0.491. The maximum absolute atomic E-state index is 13.0. The lowest BCUT2D eigenvalue weighted by Gasteiger charge is -2.26. The molecule has 24 heavy (non-hydrogen) atoms. The summed E-state index contributed by atoms with van der Waals surface area (Å²) in [5.74, 6) is 0. The molecule has 2 nitrogen and oxygen atoms in total. The van der Waals surface area contributed by atoms with E-state index in [0.717, 1.165) is 17.2 Å². The van der Waals surface area contributed by atoms with Gasteiger partial charge in [0.2, 0.25) is 13.5 Å². The lowest BCUT2D eigenvalue weighted by atomic mass is 10.1. The van der Waals surface area contributed by atoms with Crippen molar-refractivity contribution in [3.8, 4) is 0 Å². The molecule has 0 N–H and O–H groups in total. The van der Waals surface area contributed by atoms with Crippen LogP contribution in [0.15, 0.2) is 53.4 Å². The van der Waals surface area contributed by atoms with Gasteiger partial charge in [-0.25, -0.2) is 8.42 Å². The van der Waals surface area contributed by atoms with Crippen molar-refractivity contribution in [2.45, 2.75) is 41.2 Å². The van der Waals surface area contributed by atoms with E-state index in [1.54, 1.807) is 36.4 Å². The fraction of sp³-hybridized carbons (Fsp3) is 0.333. The van der Waals surface area contributed by atoms with E-state index in [-0.39, 0.29) is 4.90 Å². The maximum atomic E-state index is 13.0. The lowest BCUT2D eigenvalue weighted by molar-refractivity contribution is 0.589. The minimum Gasteiger partial charge on any atom is -0.220 e. The molecule has 130 valence electrons. The molecule has 0 atom stereocenters. The maximum Gasteiger partial charge on any atom is 0.247 e. The van der Waals surface area contributed by atoms with Crippen LogP contribution in [0.4, 0.5) is 0 Å². The molecule has 2 aromatic carbocycles. The zero-order valence-electron chi connectivity index (χ0n) is 14.3. The number of hydrogen-bond donors (Lipinski definition) is 0. The number of alkyl halides is 2. The molecule has 0 aliphatic heterocycles. The van der Waals surface area contributed by atoms with Gasteiger partial charge in [0.05, 0.1) is 4.90 Å². The number of aryl methyl sites for hydroxylation is 1. The molecule has 0 amide bonds. The molecule has 2 rings (SSSR count). The summed E-state index contributed by atoms with van der Waals surface area (Å²) >= 11 is 12.9. The molecule has 0 saturated carbocycles. The van der Waals surface area contributed by atoms with Crippen molar-refractivity contribution in [3.63, 3.8) is 0 Å². The third-order valence-corrected chi connectivity index (χ3v) is 8.58. The van der Waals surface area contributed by atoms with Gasteiger partial charge in [-0.1, -0.05) is 84.8 Å². The summed E-state index contributed by atoms with van der Waals surface area (Å²) in [6, 6.07) is 14.7. The van der Waals surface area contributed by atoms with Crippen LogP contribution in [0.5, 0.6) is 0 Å². The highest BCUT2D eigenvalue weighted by molar-refractivity contribution is 7.95. The van der Waals surface area contributed by atoms with Gasteiger partial charge >= 0.3 is 0 Å². The molecule has 6 heteroatoms. The average molecular weight is 401 g/mol. The Morgan fingerprint density at radius 3 is 2.04 bits per heavy atom. The summed E-state index contributed by atoms with van der Waals surface area (Å²) in [7, 11) is -5.41. The minimum absolute atomic E-state index is 0.126. The van der Waals surface area contributed by atoms with E-state index < -0.39 is 21.6 Å². The third kappa shape index (κ3) is 4.05. The molecule has 0 spiro atoms.